The molecule has 0 fully saturated rings. The summed E-state index contributed by atoms with van der Waals surface area (Å²) in [4.78, 5) is 0. The number of hydrogen-bond acceptors (Lipinski definition) is 5. The molecule has 0 saturated heterocycles. The Morgan fingerprint density at radius 1 is 1.21 bits per heavy atom. The molecule has 3 N–H and O–H groups in total. The molecule has 2 rings (SSSR count). The van der Waals surface area contributed by atoms with Gasteiger partial charge in [0.05, 0.1) is 0 Å². The van der Waals surface area contributed by atoms with Crippen molar-refractivity contribution in [3.8, 4) is 11.5 Å². The van der Waals surface area contributed by atoms with Crippen LogP contribution in [0, 0.1) is 6.92 Å². The van der Waals surface area contributed by atoms with Crippen LogP contribution in [0.15, 0.2) is 28.7 Å². The number of nitrogens with one attached hydrogen (secondary N) is 1. The lowest BCUT2D eigenvalue weighted by Crippen LogP contribution is -2.33. The average Bonchev–Trinajstić information content (AvgIpc) is 2.76. The van der Waals surface area contributed by atoms with Gasteiger partial charge in [-0.15, -0.1) is 10.2 Å². The van der Waals surface area contributed by atoms with Crippen molar-refractivity contribution in [1.29, 1.82) is 0 Å². The van der Waals surface area contributed by atoms with Crippen LogP contribution in [0.3, 0.4) is 0 Å². The Morgan fingerprint density at radius 2 is 2.00 bits per heavy atom. The Hall–Kier alpha value is -1.88. The van der Waals surface area contributed by atoms with Gasteiger partial charge in [-0.1, -0.05) is 0 Å². The van der Waals surface area contributed by atoms with E-state index in [1.807, 2.05) is 31.2 Å². The van der Waals surface area contributed by atoms with E-state index in [0.29, 0.717) is 6.54 Å². The van der Waals surface area contributed by atoms with Crippen LogP contribution in [0.5, 0.6) is 0 Å². The molecule has 0 aliphatic carbocycles. The van der Waals surface area contributed by atoms with Crippen LogP contribution in [0.1, 0.15) is 26.0 Å². The zero-order valence-electron chi connectivity index (χ0n) is 11.6. The van der Waals surface area contributed by atoms with E-state index in [1.54, 1.807) is 0 Å². The Kier molecular flexibility index (Phi) is 3.85. The van der Waals surface area contributed by atoms with E-state index in [1.165, 1.54) is 0 Å². The lowest BCUT2D eigenvalue weighted by atomic mass is 10.0. The van der Waals surface area contributed by atoms with Crippen LogP contribution in [-0.4, -0.2) is 22.3 Å². The minimum Gasteiger partial charge on any atom is -0.460 e. The van der Waals surface area contributed by atoms with Crippen molar-refractivity contribution in [2.75, 3.05) is 11.9 Å². The molecule has 0 amide bonds. The normalized spacial score (nSPS) is 11.6. The molecule has 0 aliphatic rings. The maximum absolute atomic E-state index is 5.58. The smallest absolute Gasteiger partial charge is 0.154 e. The molecule has 0 aromatic carbocycles. The van der Waals surface area contributed by atoms with E-state index in [2.05, 4.69) is 29.4 Å². The fourth-order valence-electron chi connectivity index (χ4n) is 1.87. The highest BCUT2D eigenvalue weighted by Gasteiger charge is 2.17. The summed E-state index contributed by atoms with van der Waals surface area (Å²) in [6.45, 7) is 6.72. The van der Waals surface area contributed by atoms with Crippen molar-refractivity contribution in [3.63, 3.8) is 0 Å². The predicted octanol–water partition coefficient (Wildman–Crippen LogP) is 2.58. The van der Waals surface area contributed by atoms with Crippen LogP contribution >= 0.6 is 0 Å². The second-order valence-electron chi connectivity index (χ2n) is 5.26. The molecule has 0 atom stereocenters. The number of furan rings is 1. The fourth-order valence-corrected chi connectivity index (χ4v) is 1.87. The summed E-state index contributed by atoms with van der Waals surface area (Å²) in [7, 11) is 0. The minimum absolute atomic E-state index is 0.0911. The van der Waals surface area contributed by atoms with Gasteiger partial charge in [-0.05, 0) is 58.0 Å². The SMILES string of the molecule is Cc1ccc(-c2ccc(NC(C)(C)CCN)nn2)o1. The van der Waals surface area contributed by atoms with E-state index in [4.69, 9.17) is 10.2 Å². The molecule has 5 heteroatoms. The Bertz CT molecular complexity index is 531. The van der Waals surface area contributed by atoms with Gasteiger partial charge in [-0.3, -0.25) is 0 Å². The molecule has 5 nitrogen and oxygen atoms in total. The molecule has 2 aromatic rings. The topological polar surface area (TPSA) is 77.0 Å². The highest BCUT2D eigenvalue weighted by molar-refractivity contribution is 5.53. The molecule has 0 unspecified atom stereocenters. The molecule has 0 spiro atoms. The molecule has 102 valence electrons. The van der Waals surface area contributed by atoms with E-state index in [9.17, 15) is 0 Å². The van der Waals surface area contributed by atoms with Crippen LogP contribution in [0.4, 0.5) is 5.82 Å². The molecule has 0 bridgehead atoms. The highest BCUT2D eigenvalue weighted by Crippen LogP contribution is 2.21. The van der Waals surface area contributed by atoms with Crippen molar-refractivity contribution < 1.29 is 4.42 Å². The number of nitrogens with zero attached hydrogens (tertiary/aromatic N) is 2. The van der Waals surface area contributed by atoms with E-state index in [-0.39, 0.29) is 5.54 Å². The molecule has 0 radical (unpaired) electrons. The van der Waals surface area contributed by atoms with E-state index in [0.717, 1.165) is 29.5 Å². The van der Waals surface area contributed by atoms with Crippen LogP contribution in [0.2, 0.25) is 0 Å². The molecule has 0 saturated carbocycles. The number of aromatic nitrogens is 2. The maximum atomic E-state index is 5.58. The number of hydrogen-bond donors (Lipinski definition) is 2. The molecule has 2 heterocycles. The maximum Gasteiger partial charge on any atom is 0.154 e. The van der Waals surface area contributed by atoms with Gasteiger partial charge in [-0.2, -0.15) is 0 Å². The highest BCUT2D eigenvalue weighted by atomic mass is 16.3. The zero-order chi connectivity index (χ0) is 13.9. The van der Waals surface area contributed by atoms with Gasteiger partial charge >= 0.3 is 0 Å². The first-order chi connectivity index (χ1) is 9.00. The van der Waals surface area contributed by atoms with Gasteiger partial charge in [0, 0.05) is 5.54 Å². The predicted molar refractivity (Wildman–Crippen MR) is 75.8 cm³/mol. The largest absolute Gasteiger partial charge is 0.460 e. The zero-order valence-corrected chi connectivity index (χ0v) is 11.6. The quantitative estimate of drug-likeness (QED) is 0.864. The van der Waals surface area contributed by atoms with Crippen molar-refractivity contribution in [1.82, 2.24) is 10.2 Å². The summed E-state index contributed by atoms with van der Waals surface area (Å²) in [5.74, 6) is 2.34. The lowest BCUT2D eigenvalue weighted by Gasteiger charge is -2.25. The van der Waals surface area contributed by atoms with Crippen molar-refractivity contribution in [2.45, 2.75) is 32.7 Å². The van der Waals surface area contributed by atoms with Crippen molar-refractivity contribution >= 4 is 5.82 Å². The number of anilines is 1. The number of aryl methyl sites for hydroxylation is 1. The van der Waals surface area contributed by atoms with Gasteiger partial charge in [-0.25, -0.2) is 0 Å². The standard InChI is InChI=1S/C14H20N4O/c1-10-4-6-12(19-10)11-5-7-13(18-17-11)16-14(2,3)8-9-15/h4-7H,8-9,15H2,1-3H3,(H,16,18). The summed E-state index contributed by atoms with van der Waals surface area (Å²) in [5.41, 5.74) is 6.22. The lowest BCUT2D eigenvalue weighted by molar-refractivity contribution is 0.523. The van der Waals surface area contributed by atoms with Crippen LogP contribution in [-0.2, 0) is 0 Å². The van der Waals surface area contributed by atoms with E-state index < -0.39 is 0 Å². The third-order valence-corrected chi connectivity index (χ3v) is 2.89. The molecule has 2 aromatic heterocycles. The van der Waals surface area contributed by atoms with Gasteiger partial charge in [0.25, 0.3) is 0 Å². The molecule has 0 aliphatic heterocycles. The average molecular weight is 260 g/mol. The van der Waals surface area contributed by atoms with Crippen LogP contribution in [0.25, 0.3) is 11.5 Å². The fraction of sp³-hybridized carbons (Fsp3) is 0.429. The minimum atomic E-state index is -0.0911. The second-order valence-corrected chi connectivity index (χ2v) is 5.26. The van der Waals surface area contributed by atoms with Gasteiger partial charge < -0.3 is 15.5 Å². The van der Waals surface area contributed by atoms with Gasteiger partial charge in [0.2, 0.25) is 0 Å². The summed E-state index contributed by atoms with van der Waals surface area (Å²) < 4.78 is 5.51. The van der Waals surface area contributed by atoms with Crippen LogP contribution < -0.4 is 11.1 Å². The monoisotopic (exact) mass is 260 g/mol. The second kappa shape index (κ2) is 5.40. The summed E-state index contributed by atoms with van der Waals surface area (Å²) in [5, 5.41) is 11.7. The molecular formula is C14H20N4O. The molecule has 19 heavy (non-hydrogen) atoms. The third kappa shape index (κ3) is 3.54. The van der Waals surface area contributed by atoms with Crippen molar-refractivity contribution in [2.24, 2.45) is 5.73 Å². The summed E-state index contributed by atoms with van der Waals surface area (Å²) >= 11 is 0. The van der Waals surface area contributed by atoms with Gasteiger partial charge in [0.15, 0.2) is 5.76 Å². The first-order valence-corrected chi connectivity index (χ1v) is 6.39. The number of rotatable bonds is 5. The first-order valence-electron chi connectivity index (χ1n) is 6.39. The third-order valence-electron chi connectivity index (χ3n) is 2.89. The first kappa shape index (κ1) is 13.5. The Labute approximate surface area is 113 Å². The van der Waals surface area contributed by atoms with Gasteiger partial charge in [0.1, 0.15) is 17.3 Å². The number of nitrogens with two attached hydrogens (primary N) is 1. The summed E-state index contributed by atoms with van der Waals surface area (Å²) in [6.07, 6.45) is 0.869. The Balaban J connectivity index is 2.10. The Morgan fingerprint density at radius 3 is 2.53 bits per heavy atom. The van der Waals surface area contributed by atoms with Crippen molar-refractivity contribution in [3.05, 3.63) is 30.0 Å². The summed E-state index contributed by atoms with van der Waals surface area (Å²) in [6, 6.07) is 7.60. The van der Waals surface area contributed by atoms with E-state index >= 15 is 0 Å². The molecular weight excluding hydrogens is 240 g/mol.